The van der Waals surface area contributed by atoms with E-state index < -0.39 is 9.84 Å². The van der Waals surface area contributed by atoms with Crippen LogP contribution in [0.4, 0.5) is 0 Å². The highest BCUT2D eigenvalue weighted by Crippen LogP contribution is 2.31. The zero-order valence-corrected chi connectivity index (χ0v) is 16.5. The summed E-state index contributed by atoms with van der Waals surface area (Å²) in [5, 5.41) is 0. The molecule has 144 valence electrons. The molecule has 6 nitrogen and oxygen atoms in total. The first-order valence-corrected chi connectivity index (χ1v) is 10.5. The number of rotatable bonds is 5. The second-order valence-electron chi connectivity index (χ2n) is 6.71. The van der Waals surface area contributed by atoms with E-state index >= 15 is 0 Å². The number of aryl methyl sites for hydroxylation is 2. The second kappa shape index (κ2) is 7.60. The van der Waals surface area contributed by atoms with Crippen LogP contribution < -0.4 is 14.9 Å². The Morgan fingerprint density at radius 2 is 1.81 bits per heavy atom. The van der Waals surface area contributed by atoms with E-state index in [1.807, 2.05) is 42.8 Å². The SMILES string of the molecule is COc1ccc(C=Cn2c(C)cc(=O)cc2C)cc1OC1CCS(=O)(=O)C1. The summed E-state index contributed by atoms with van der Waals surface area (Å²) in [6.45, 7) is 3.75. The van der Waals surface area contributed by atoms with Gasteiger partial charge < -0.3 is 14.0 Å². The van der Waals surface area contributed by atoms with E-state index in [1.165, 1.54) is 0 Å². The molecule has 1 aliphatic heterocycles. The topological polar surface area (TPSA) is 74.6 Å². The maximum Gasteiger partial charge on any atom is 0.182 e. The van der Waals surface area contributed by atoms with E-state index in [0.717, 1.165) is 17.0 Å². The summed E-state index contributed by atoms with van der Waals surface area (Å²) in [4.78, 5) is 11.6. The fourth-order valence-electron chi connectivity index (χ4n) is 3.19. The molecular weight excluding hydrogens is 366 g/mol. The van der Waals surface area contributed by atoms with Gasteiger partial charge >= 0.3 is 0 Å². The molecule has 0 N–H and O–H groups in total. The quantitative estimate of drug-likeness (QED) is 0.786. The van der Waals surface area contributed by atoms with Crippen LogP contribution in [-0.2, 0) is 9.84 Å². The summed E-state index contributed by atoms with van der Waals surface area (Å²) in [7, 11) is -1.46. The fourth-order valence-corrected chi connectivity index (χ4v) is 4.78. The third-order valence-electron chi connectivity index (χ3n) is 4.55. The summed E-state index contributed by atoms with van der Waals surface area (Å²) in [6.07, 6.45) is 3.92. The normalized spacial score (nSPS) is 18.7. The van der Waals surface area contributed by atoms with Crippen LogP contribution in [0, 0.1) is 13.8 Å². The van der Waals surface area contributed by atoms with Crippen molar-refractivity contribution in [1.29, 1.82) is 0 Å². The largest absolute Gasteiger partial charge is 0.493 e. The second-order valence-corrected chi connectivity index (χ2v) is 8.94. The Morgan fingerprint density at radius 3 is 2.41 bits per heavy atom. The molecule has 0 spiro atoms. The minimum absolute atomic E-state index is 0.0127. The summed E-state index contributed by atoms with van der Waals surface area (Å²) in [5.41, 5.74) is 2.56. The fraction of sp³-hybridized carbons (Fsp3) is 0.350. The summed E-state index contributed by atoms with van der Waals surface area (Å²) in [6, 6.07) is 8.68. The molecule has 2 aromatic rings. The maximum atomic E-state index is 11.7. The zero-order valence-electron chi connectivity index (χ0n) is 15.6. The van der Waals surface area contributed by atoms with Crippen LogP contribution in [0.5, 0.6) is 11.5 Å². The van der Waals surface area contributed by atoms with Gasteiger partial charge in [0.1, 0.15) is 6.10 Å². The molecule has 1 fully saturated rings. The minimum atomic E-state index is -3.01. The lowest BCUT2D eigenvalue weighted by atomic mass is 10.2. The van der Waals surface area contributed by atoms with E-state index in [-0.39, 0.29) is 23.0 Å². The Bertz CT molecular complexity index is 1010. The van der Waals surface area contributed by atoms with Crippen LogP contribution >= 0.6 is 0 Å². The molecule has 1 unspecified atom stereocenters. The van der Waals surface area contributed by atoms with Crippen LogP contribution in [0.25, 0.3) is 12.3 Å². The lowest BCUT2D eigenvalue weighted by Crippen LogP contribution is -2.18. The Hall–Kier alpha value is -2.54. The van der Waals surface area contributed by atoms with Gasteiger partial charge in [0, 0.05) is 29.7 Å². The van der Waals surface area contributed by atoms with Crippen molar-refractivity contribution in [2.75, 3.05) is 18.6 Å². The highest BCUT2D eigenvalue weighted by Gasteiger charge is 2.30. The molecule has 1 aromatic carbocycles. The minimum Gasteiger partial charge on any atom is -0.493 e. The summed E-state index contributed by atoms with van der Waals surface area (Å²) in [5.74, 6) is 1.28. The number of pyridine rings is 1. The molecule has 0 aliphatic carbocycles. The first kappa shape index (κ1) is 19.2. The molecule has 1 saturated heterocycles. The number of methoxy groups -OCH3 is 1. The van der Waals surface area contributed by atoms with Crippen LogP contribution in [0.2, 0.25) is 0 Å². The van der Waals surface area contributed by atoms with Crippen molar-refractivity contribution in [2.45, 2.75) is 26.4 Å². The van der Waals surface area contributed by atoms with Gasteiger partial charge in [-0.2, -0.15) is 0 Å². The number of ether oxygens (including phenoxy) is 2. The lowest BCUT2D eigenvalue weighted by Gasteiger charge is -2.15. The summed E-state index contributed by atoms with van der Waals surface area (Å²) >= 11 is 0. The van der Waals surface area contributed by atoms with Crippen molar-refractivity contribution in [3.05, 3.63) is 57.5 Å². The lowest BCUT2D eigenvalue weighted by molar-refractivity contribution is 0.218. The van der Waals surface area contributed by atoms with Crippen LogP contribution in [-0.4, -0.2) is 37.7 Å². The number of aromatic nitrogens is 1. The van der Waals surface area contributed by atoms with Gasteiger partial charge in [0.25, 0.3) is 0 Å². The molecule has 3 rings (SSSR count). The molecular formula is C20H23NO5S. The van der Waals surface area contributed by atoms with Gasteiger partial charge in [-0.05, 0) is 44.0 Å². The molecule has 27 heavy (non-hydrogen) atoms. The van der Waals surface area contributed by atoms with Crippen molar-refractivity contribution in [2.24, 2.45) is 0 Å². The molecule has 0 amide bonds. The third kappa shape index (κ3) is 4.60. The monoisotopic (exact) mass is 389 g/mol. The van der Waals surface area contributed by atoms with Gasteiger partial charge in [-0.25, -0.2) is 8.42 Å². The zero-order chi connectivity index (χ0) is 19.6. The standard InChI is InChI=1S/C20H23NO5S/c1-14-10-17(22)11-15(2)21(14)8-6-16-4-5-19(25-3)20(12-16)26-18-7-9-27(23,24)13-18/h4-6,8,10-12,18H,7,9,13H2,1-3H3. The first-order valence-electron chi connectivity index (χ1n) is 8.70. The van der Waals surface area contributed by atoms with Crippen molar-refractivity contribution < 1.29 is 17.9 Å². The Labute approximate surface area is 159 Å². The van der Waals surface area contributed by atoms with Gasteiger partial charge in [0.2, 0.25) is 0 Å². The number of sulfone groups is 1. The average Bonchev–Trinajstić information content (AvgIpc) is 2.92. The predicted molar refractivity (Wildman–Crippen MR) is 106 cm³/mol. The van der Waals surface area contributed by atoms with Gasteiger partial charge in [-0.3, -0.25) is 4.79 Å². The van der Waals surface area contributed by atoms with Crippen molar-refractivity contribution in [3.63, 3.8) is 0 Å². The third-order valence-corrected chi connectivity index (χ3v) is 6.29. The number of nitrogens with zero attached hydrogens (tertiary/aromatic N) is 1. The van der Waals surface area contributed by atoms with E-state index in [4.69, 9.17) is 9.47 Å². The Kier molecular flexibility index (Phi) is 5.41. The molecule has 2 heterocycles. The van der Waals surface area contributed by atoms with Gasteiger partial charge in [0.15, 0.2) is 26.8 Å². The van der Waals surface area contributed by atoms with Crippen LogP contribution in [0.15, 0.2) is 35.1 Å². The maximum absolute atomic E-state index is 11.7. The average molecular weight is 389 g/mol. The first-order chi connectivity index (χ1) is 12.8. The number of hydrogen-bond acceptors (Lipinski definition) is 5. The van der Waals surface area contributed by atoms with Gasteiger partial charge in [-0.15, -0.1) is 0 Å². The van der Waals surface area contributed by atoms with Crippen molar-refractivity contribution >= 4 is 22.1 Å². The molecule has 0 bridgehead atoms. The van der Waals surface area contributed by atoms with Crippen LogP contribution in [0.1, 0.15) is 23.4 Å². The highest BCUT2D eigenvalue weighted by atomic mass is 32.2. The molecule has 1 aromatic heterocycles. The van der Waals surface area contributed by atoms with E-state index in [0.29, 0.717) is 17.9 Å². The number of hydrogen-bond donors (Lipinski definition) is 0. The predicted octanol–water partition coefficient (Wildman–Crippen LogP) is 2.67. The van der Waals surface area contributed by atoms with Crippen molar-refractivity contribution in [3.8, 4) is 11.5 Å². The van der Waals surface area contributed by atoms with Gasteiger partial charge in [-0.1, -0.05) is 6.07 Å². The van der Waals surface area contributed by atoms with Gasteiger partial charge in [0.05, 0.1) is 18.6 Å². The van der Waals surface area contributed by atoms with E-state index in [9.17, 15) is 13.2 Å². The van der Waals surface area contributed by atoms with Crippen LogP contribution in [0.3, 0.4) is 0 Å². The molecule has 0 radical (unpaired) electrons. The summed E-state index contributed by atoms with van der Waals surface area (Å²) < 4.78 is 36.5. The Balaban J connectivity index is 1.86. The molecule has 7 heteroatoms. The highest BCUT2D eigenvalue weighted by molar-refractivity contribution is 7.91. The smallest absolute Gasteiger partial charge is 0.182 e. The van der Waals surface area contributed by atoms with E-state index in [1.54, 1.807) is 25.3 Å². The number of benzene rings is 1. The molecule has 0 saturated carbocycles. The van der Waals surface area contributed by atoms with Crippen molar-refractivity contribution in [1.82, 2.24) is 4.57 Å². The molecule has 1 aliphatic rings. The Morgan fingerprint density at radius 1 is 1.11 bits per heavy atom. The van der Waals surface area contributed by atoms with E-state index in [2.05, 4.69) is 0 Å². The molecule has 1 atom stereocenters.